The van der Waals surface area contributed by atoms with Crippen LogP contribution in [0.15, 0.2) is 18.2 Å². The maximum absolute atomic E-state index is 13.4. The molecule has 0 bridgehead atoms. The summed E-state index contributed by atoms with van der Waals surface area (Å²) in [6.07, 6.45) is -4.14. The Kier molecular flexibility index (Phi) is 6.26. The van der Waals surface area contributed by atoms with Crippen molar-refractivity contribution in [1.82, 2.24) is 4.90 Å². The number of benzene rings is 1. The molecule has 1 aliphatic heterocycles. The number of rotatable bonds is 4. The van der Waals surface area contributed by atoms with Gasteiger partial charge in [0.15, 0.2) is 0 Å². The molecule has 0 spiro atoms. The second-order valence-electron chi connectivity index (χ2n) is 6.78. The quantitative estimate of drug-likeness (QED) is 0.592. The van der Waals surface area contributed by atoms with E-state index in [-0.39, 0.29) is 30.9 Å². The summed E-state index contributed by atoms with van der Waals surface area (Å²) in [5.74, 6) is -2.33. The Balaban J connectivity index is 2.05. The molecule has 8 heteroatoms. The number of hydrogen-bond donors (Lipinski definition) is 0. The minimum atomic E-state index is -4.75. The van der Waals surface area contributed by atoms with Crippen molar-refractivity contribution < 1.29 is 31.9 Å². The molecule has 1 fully saturated rings. The fraction of sp³-hybridized carbons (Fsp3) is 0.556. The normalized spacial score (nSPS) is 16.0. The maximum atomic E-state index is 13.4. The van der Waals surface area contributed by atoms with Gasteiger partial charge in [0.1, 0.15) is 5.82 Å². The summed E-state index contributed by atoms with van der Waals surface area (Å²) in [6, 6.07) is 1.85. The standard InChI is InChI=1S/C18H21F4NO3/c1-11(2)10-26-17(25)12-5-7-23(8-6-12)16(24)14-9-13(19)3-4-15(14)18(20,21)22/h3-4,9,11-12H,5-8,10H2,1-2H3. The number of halogens is 4. The van der Waals surface area contributed by atoms with Crippen LogP contribution in [0.3, 0.4) is 0 Å². The minimum absolute atomic E-state index is 0.119. The Morgan fingerprint density at radius 2 is 1.85 bits per heavy atom. The lowest BCUT2D eigenvalue weighted by Crippen LogP contribution is -2.41. The number of carbonyl (C=O) groups is 2. The molecule has 2 rings (SSSR count). The van der Waals surface area contributed by atoms with Gasteiger partial charge in [-0.05, 0) is 37.0 Å². The third-order valence-electron chi connectivity index (χ3n) is 4.19. The second-order valence-corrected chi connectivity index (χ2v) is 6.78. The zero-order valence-electron chi connectivity index (χ0n) is 14.6. The van der Waals surface area contributed by atoms with E-state index >= 15 is 0 Å². The number of carbonyl (C=O) groups excluding carboxylic acids is 2. The Hall–Kier alpha value is -2.12. The van der Waals surface area contributed by atoms with E-state index in [1.165, 1.54) is 4.90 Å². The number of alkyl halides is 3. The third-order valence-corrected chi connectivity index (χ3v) is 4.19. The number of likely N-dealkylation sites (tertiary alicyclic amines) is 1. The Morgan fingerprint density at radius 3 is 2.38 bits per heavy atom. The van der Waals surface area contributed by atoms with E-state index in [0.29, 0.717) is 37.6 Å². The summed E-state index contributed by atoms with van der Waals surface area (Å²) < 4.78 is 57.8. The monoisotopic (exact) mass is 375 g/mol. The lowest BCUT2D eigenvalue weighted by Gasteiger charge is -2.31. The van der Waals surface area contributed by atoms with Crippen LogP contribution in [0.2, 0.25) is 0 Å². The molecule has 1 aliphatic rings. The highest BCUT2D eigenvalue weighted by Gasteiger charge is 2.37. The van der Waals surface area contributed by atoms with Gasteiger partial charge in [0.25, 0.3) is 5.91 Å². The molecular formula is C18H21F4NO3. The van der Waals surface area contributed by atoms with Crippen molar-refractivity contribution in [3.05, 3.63) is 35.1 Å². The van der Waals surface area contributed by atoms with Crippen LogP contribution in [0, 0.1) is 17.7 Å². The summed E-state index contributed by atoms with van der Waals surface area (Å²) in [6.45, 7) is 4.36. The van der Waals surface area contributed by atoms with E-state index in [4.69, 9.17) is 4.74 Å². The maximum Gasteiger partial charge on any atom is 0.417 e. The van der Waals surface area contributed by atoms with Gasteiger partial charge >= 0.3 is 12.1 Å². The van der Waals surface area contributed by atoms with Gasteiger partial charge in [0, 0.05) is 13.1 Å². The zero-order valence-corrected chi connectivity index (χ0v) is 14.6. The Labute approximate surface area is 149 Å². The van der Waals surface area contributed by atoms with Crippen molar-refractivity contribution in [3.63, 3.8) is 0 Å². The summed E-state index contributed by atoms with van der Waals surface area (Å²) in [7, 11) is 0. The van der Waals surface area contributed by atoms with Crippen molar-refractivity contribution in [3.8, 4) is 0 Å². The minimum Gasteiger partial charge on any atom is -0.465 e. The van der Waals surface area contributed by atoms with Gasteiger partial charge in [-0.3, -0.25) is 9.59 Å². The first kappa shape index (κ1) is 20.2. The first-order chi connectivity index (χ1) is 12.1. The van der Waals surface area contributed by atoms with E-state index in [2.05, 4.69) is 0 Å². The van der Waals surface area contributed by atoms with Gasteiger partial charge in [0.2, 0.25) is 0 Å². The van der Waals surface area contributed by atoms with Crippen molar-refractivity contribution in [2.45, 2.75) is 32.9 Å². The summed E-state index contributed by atoms with van der Waals surface area (Å²) in [5, 5.41) is 0. The molecule has 1 aromatic rings. The molecule has 1 heterocycles. The smallest absolute Gasteiger partial charge is 0.417 e. The van der Waals surface area contributed by atoms with Gasteiger partial charge < -0.3 is 9.64 Å². The number of nitrogens with zero attached hydrogens (tertiary/aromatic N) is 1. The third kappa shape index (κ3) is 4.95. The first-order valence-electron chi connectivity index (χ1n) is 8.42. The Morgan fingerprint density at radius 1 is 1.23 bits per heavy atom. The molecule has 1 saturated heterocycles. The average Bonchev–Trinajstić information content (AvgIpc) is 2.58. The van der Waals surface area contributed by atoms with Gasteiger partial charge in [-0.15, -0.1) is 0 Å². The van der Waals surface area contributed by atoms with Crippen LogP contribution in [-0.2, 0) is 15.7 Å². The molecule has 144 valence electrons. The molecule has 0 aliphatic carbocycles. The van der Waals surface area contributed by atoms with Crippen LogP contribution in [0.5, 0.6) is 0 Å². The molecular weight excluding hydrogens is 354 g/mol. The average molecular weight is 375 g/mol. The second kappa shape index (κ2) is 8.05. The van der Waals surface area contributed by atoms with Crippen LogP contribution in [0.1, 0.15) is 42.6 Å². The van der Waals surface area contributed by atoms with Crippen molar-refractivity contribution in [1.29, 1.82) is 0 Å². The predicted octanol–water partition coefficient (Wildman–Crippen LogP) is 3.90. The highest BCUT2D eigenvalue weighted by atomic mass is 19.4. The highest BCUT2D eigenvalue weighted by molar-refractivity contribution is 5.96. The summed E-state index contributed by atoms with van der Waals surface area (Å²) in [4.78, 5) is 25.6. The van der Waals surface area contributed by atoms with Crippen LogP contribution >= 0.6 is 0 Å². The van der Waals surface area contributed by atoms with E-state index in [0.717, 1.165) is 0 Å². The molecule has 0 atom stereocenters. The number of piperidine rings is 1. The summed E-state index contributed by atoms with van der Waals surface area (Å²) in [5.41, 5.74) is -1.87. The molecule has 26 heavy (non-hydrogen) atoms. The SMILES string of the molecule is CC(C)COC(=O)C1CCN(C(=O)c2cc(F)ccc2C(F)(F)F)CC1. The van der Waals surface area contributed by atoms with Crippen LogP contribution in [-0.4, -0.2) is 36.5 Å². The molecule has 0 aromatic heterocycles. The molecule has 4 nitrogen and oxygen atoms in total. The van der Waals surface area contributed by atoms with Gasteiger partial charge in [-0.2, -0.15) is 13.2 Å². The number of esters is 1. The Bertz CT molecular complexity index is 665. The van der Waals surface area contributed by atoms with E-state index in [1.807, 2.05) is 13.8 Å². The zero-order chi connectivity index (χ0) is 19.5. The molecule has 0 unspecified atom stereocenters. The lowest BCUT2D eigenvalue weighted by molar-refractivity contribution is -0.151. The fourth-order valence-electron chi connectivity index (χ4n) is 2.80. The highest BCUT2D eigenvalue weighted by Crippen LogP contribution is 2.33. The molecule has 1 aromatic carbocycles. The molecule has 0 radical (unpaired) electrons. The summed E-state index contributed by atoms with van der Waals surface area (Å²) >= 11 is 0. The van der Waals surface area contributed by atoms with Crippen LogP contribution in [0.25, 0.3) is 0 Å². The van der Waals surface area contributed by atoms with E-state index in [1.54, 1.807) is 0 Å². The first-order valence-corrected chi connectivity index (χ1v) is 8.42. The topological polar surface area (TPSA) is 46.6 Å². The number of hydrogen-bond acceptors (Lipinski definition) is 3. The van der Waals surface area contributed by atoms with Gasteiger partial charge in [-0.25, -0.2) is 4.39 Å². The lowest BCUT2D eigenvalue weighted by atomic mass is 9.95. The number of amides is 1. The van der Waals surface area contributed by atoms with E-state index in [9.17, 15) is 27.2 Å². The number of ether oxygens (including phenoxy) is 1. The van der Waals surface area contributed by atoms with Crippen molar-refractivity contribution >= 4 is 11.9 Å². The van der Waals surface area contributed by atoms with Crippen molar-refractivity contribution in [2.24, 2.45) is 11.8 Å². The van der Waals surface area contributed by atoms with Gasteiger partial charge in [-0.1, -0.05) is 13.8 Å². The van der Waals surface area contributed by atoms with Gasteiger partial charge in [0.05, 0.1) is 23.7 Å². The fourth-order valence-corrected chi connectivity index (χ4v) is 2.80. The molecule has 0 N–H and O–H groups in total. The van der Waals surface area contributed by atoms with Crippen LogP contribution in [0.4, 0.5) is 17.6 Å². The largest absolute Gasteiger partial charge is 0.465 e. The van der Waals surface area contributed by atoms with Crippen molar-refractivity contribution in [2.75, 3.05) is 19.7 Å². The van der Waals surface area contributed by atoms with E-state index < -0.39 is 29.0 Å². The molecule has 0 saturated carbocycles. The predicted molar refractivity (Wildman–Crippen MR) is 85.8 cm³/mol. The van der Waals surface area contributed by atoms with Crippen LogP contribution < -0.4 is 0 Å². The molecule has 1 amide bonds.